The predicted molar refractivity (Wildman–Crippen MR) is 114 cm³/mol. The fraction of sp³-hybridized carbons (Fsp3) is 0.478. The second kappa shape index (κ2) is 7.58. The van der Waals surface area contributed by atoms with E-state index in [9.17, 15) is 4.79 Å². The van der Waals surface area contributed by atoms with Crippen LogP contribution >= 0.6 is 0 Å². The number of hydrogen-bond donors (Lipinski definition) is 0. The summed E-state index contributed by atoms with van der Waals surface area (Å²) in [6.45, 7) is 10.8. The van der Waals surface area contributed by atoms with Gasteiger partial charge in [0.15, 0.2) is 0 Å². The number of likely N-dealkylation sites (tertiary alicyclic amines) is 1. The Balaban J connectivity index is 1.51. The Morgan fingerprint density at radius 1 is 1.24 bits per heavy atom. The van der Waals surface area contributed by atoms with Gasteiger partial charge in [0.05, 0.1) is 16.8 Å². The average Bonchev–Trinajstić information content (AvgIpc) is 3.16. The summed E-state index contributed by atoms with van der Waals surface area (Å²) in [5.74, 6) is 0.485. The molecule has 6 heteroatoms. The molecule has 29 heavy (non-hydrogen) atoms. The highest BCUT2D eigenvalue weighted by molar-refractivity contribution is 6.06. The lowest BCUT2D eigenvalue weighted by Crippen LogP contribution is -2.41. The Morgan fingerprint density at radius 3 is 2.83 bits per heavy atom. The number of aryl methyl sites for hydroxylation is 1. The van der Waals surface area contributed by atoms with Gasteiger partial charge >= 0.3 is 0 Å². The fourth-order valence-electron chi connectivity index (χ4n) is 4.01. The van der Waals surface area contributed by atoms with Gasteiger partial charge in [0.1, 0.15) is 0 Å². The van der Waals surface area contributed by atoms with Crippen LogP contribution in [-0.2, 0) is 12.0 Å². The van der Waals surface area contributed by atoms with Crippen LogP contribution in [0.5, 0.6) is 0 Å². The van der Waals surface area contributed by atoms with Crippen molar-refractivity contribution in [1.29, 1.82) is 0 Å². The van der Waals surface area contributed by atoms with Crippen molar-refractivity contribution in [1.82, 2.24) is 24.9 Å². The van der Waals surface area contributed by atoms with E-state index >= 15 is 0 Å². The minimum atomic E-state index is -0.00660. The van der Waals surface area contributed by atoms with Gasteiger partial charge in [0.2, 0.25) is 0 Å². The lowest BCUT2D eigenvalue weighted by molar-refractivity contribution is 0.0661. The van der Waals surface area contributed by atoms with E-state index in [1.807, 2.05) is 40.9 Å². The molecule has 0 bridgehead atoms. The quantitative estimate of drug-likeness (QED) is 0.677. The van der Waals surface area contributed by atoms with Gasteiger partial charge < -0.3 is 4.90 Å². The summed E-state index contributed by atoms with van der Waals surface area (Å²) in [5, 5.41) is 9.57. The zero-order valence-electron chi connectivity index (χ0n) is 17.7. The van der Waals surface area contributed by atoms with Gasteiger partial charge in [0, 0.05) is 42.8 Å². The summed E-state index contributed by atoms with van der Waals surface area (Å²) in [5.41, 5.74) is 3.74. The average molecular weight is 392 g/mol. The van der Waals surface area contributed by atoms with Crippen molar-refractivity contribution >= 4 is 16.8 Å². The van der Waals surface area contributed by atoms with Gasteiger partial charge in [0.25, 0.3) is 5.91 Å². The zero-order chi connectivity index (χ0) is 20.6. The van der Waals surface area contributed by atoms with Crippen molar-refractivity contribution in [3.63, 3.8) is 0 Å². The fourth-order valence-corrected chi connectivity index (χ4v) is 4.01. The van der Waals surface area contributed by atoms with Gasteiger partial charge in [-0.15, -0.1) is 5.10 Å². The molecule has 3 aromatic rings. The third-order valence-electron chi connectivity index (χ3n) is 5.69. The standard InChI is InChI=1S/C23H29N5O/c1-16-7-8-20-19(12-16)18(9-10-24-20)22(29)27-11-5-6-17(13-27)14-28-15-21(25-26-28)23(2,3)4/h7-10,12,15,17H,5-6,11,13-14H2,1-4H3/t17-/m0/s1. The molecule has 0 radical (unpaired) electrons. The first-order valence-corrected chi connectivity index (χ1v) is 10.4. The molecule has 1 amide bonds. The number of pyridine rings is 1. The first-order valence-electron chi connectivity index (χ1n) is 10.4. The van der Waals surface area contributed by atoms with E-state index in [1.165, 1.54) is 0 Å². The second-order valence-electron chi connectivity index (χ2n) is 9.21. The number of rotatable bonds is 3. The molecule has 0 aliphatic carbocycles. The van der Waals surface area contributed by atoms with Crippen molar-refractivity contribution in [3.8, 4) is 0 Å². The van der Waals surface area contributed by atoms with Crippen molar-refractivity contribution in [2.45, 2.75) is 52.5 Å². The number of nitrogens with zero attached hydrogens (tertiary/aromatic N) is 5. The Morgan fingerprint density at radius 2 is 2.07 bits per heavy atom. The SMILES string of the molecule is Cc1ccc2nccc(C(=O)N3CCC[C@H](Cn4cc(C(C)(C)C)nn4)C3)c2c1. The molecule has 0 unspecified atom stereocenters. The summed E-state index contributed by atoms with van der Waals surface area (Å²) in [6.07, 6.45) is 5.89. The van der Waals surface area contributed by atoms with Crippen molar-refractivity contribution in [2.75, 3.05) is 13.1 Å². The Kier molecular flexibility index (Phi) is 5.11. The van der Waals surface area contributed by atoms with Crippen LogP contribution in [0.15, 0.2) is 36.7 Å². The molecule has 0 spiro atoms. The molecule has 1 saturated heterocycles. The summed E-state index contributed by atoms with van der Waals surface area (Å²) < 4.78 is 1.93. The van der Waals surface area contributed by atoms with Crippen LogP contribution in [0.25, 0.3) is 10.9 Å². The minimum Gasteiger partial charge on any atom is -0.338 e. The van der Waals surface area contributed by atoms with Crippen LogP contribution in [0.4, 0.5) is 0 Å². The van der Waals surface area contributed by atoms with E-state index in [1.54, 1.807) is 6.20 Å². The van der Waals surface area contributed by atoms with Crippen LogP contribution < -0.4 is 0 Å². The molecule has 1 fully saturated rings. The first kappa shape index (κ1) is 19.6. The largest absolute Gasteiger partial charge is 0.338 e. The van der Waals surface area contributed by atoms with E-state index in [4.69, 9.17) is 0 Å². The maximum Gasteiger partial charge on any atom is 0.254 e. The number of fused-ring (bicyclic) bond motifs is 1. The number of benzene rings is 1. The lowest BCUT2D eigenvalue weighted by atomic mass is 9.93. The van der Waals surface area contributed by atoms with Crippen molar-refractivity contribution < 1.29 is 4.79 Å². The predicted octanol–water partition coefficient (Wildman–Crippen LogP) is 3.98. The molecule has 4 rings (SSSR count). The molecule has 152 valence electrons. The molecule has 1 aliphatic heterocycles. The Labute approximate surface area is 171 Å². The molecule has 3 heterocycles. The maximum atomic E-state index is 13.3. The summed E-state index contributed by atoms with van der Waals surface area (Å²) in [7, 11) is 0. The molecular weight excluding hydrogens is 362 g/mol. The molecule has 1 aromatic carbocycles. The van der Waals surface area contributed by atoms with Gasteiger partial charge in [-0.05, 0) is 43.9 Å². The summed E-state index contributed by atoms with van der Waals surface area (Å²) in [4.78, 5) is 19.7. The summed E-state index contributed by atoms with van der Waals surface area (Å²) >= 11 is 0. The van der Waals surface area contributed by atoms with Crippen LogP contribution in [0, 0.1) is 12.8 Å². The number of carbonyl (C=O) groups excluding carboxylic acids is 1. The maximum absolute atomic E-state index is 13.3. The Bertz CT molecular complexity index is 1030. The molecule has 1 aliphatic rings. The van der Waals surface area contributed by atoms with E-state index in [0.717, 1.165) is 60.2 Å². The number of aromatic nitrogens is 4. The highest BCUT2D eigenvalue weighted by atomic mass is 16.2. The molecule has 6 nitrogen and oxygen atoms in total. The highest BCUT2D eigenvalue weighted by Crippen LogP contribution is 2.25. The normalized spacial score (nSPS) is 17.7. The Hall–Kier alpha value is -2.76. The van der Waals surface area contributed by atoms with Gasteiger partial charge in [-0.25, -0.2) is 0 Å². The first-order chi connectivity index (χ1) is 13.8. The van der Waals surface area contributed by atoms with Gasteiger partial charge in [-0.1, -0.05) is 37.6 Å². The smallest absolute Gasteiger partial charge is 0.254 e. The number of hydrogen-bond acceptors (Lipinski definition) is 4. The zero-order valence-corrected chi connectivity index (χ0v) is 17.7. The number of carbonyl (C=O) groups is 1. The van der Waals surface area contributed by atoms with Crippen molar-refractivity contribution in [3.05, 3.63) is 53.5 Å². The van der Waals surface area contributed by atoms with E-state index in [0.29, 0.717) is 5.92 Å². The van der Waals surface area contributed by atoms with Crippen LogP contribution in [0.2, 0.25) is 0 Å². The topological polar surface area (TPSA) is 63.9 Å². The highest BCUT2D eigenvalue weighted by Gasteiger charge is 2.27. The van der Waals surface area contributed by atoms with E-state index < -0.39 is 0 Å². The minimum absolute atomic E-state index is 0.00660. The number of piperidine rings is 1. The number of amides is 1. The van der Waals surface area contributed by atoms with Crippen LogP contribution in [0.1, 0.15) is 55.2 Å². The molecule has 0 saturated carbocycles. The molecular formula is C23H29N5O. The van der Waals surface area contributed by atoms with Gasteiger partial charge in [-0.3, -0.25) is 14.5 Å². The molecule has 1 atom stereocenters. The summed E-state index contributed by atoms with van der Waals surface area (Å²) in [6, 6.07) is 7.92. The van der Waals surface area contributed by atoms with Gasteiger partial charge in [-0.2, -0.15) is 0 Å². The molecule has 2 aromatic heterocycles. The second-order valence-corrected chi connectivity index (χ2v) is 9.21. The molecule has 0 N–H and O–H groups in total. The monoisotopic (exact) mass is 391 g/mol. The van der Waals surface area contributed by atoms with Crippen LogP contribution in [0.3, 0.4) is 0 Å². The van der Waals surface area contributed by atoms with Crippen molar-refractivity contribution in [2.24, 2.45) is 5.92 Å². The third kappa shape index (κ3) is 4.16. The third-order valence-corrected chi connectivity index (χ3v) is 5.69. The van der Waals surface area contributed by atoms with Crippen LogP contribution in [-0.4, -0.2) is 43.9 Å². The lowest BCUT2D eigenvalue weighted by Gasteiger charge is -2.33. The van der Waals surface area contributed by atoms with E-state index in [-0.39, 0.29) is 11.3 Å². The van der Waals surface area contributed by atoms with E-state index in [2.05, 4.69) is 42.1 Å².